The minimum absolute atomic E-state index is 0.0898. The van der Waals surface area contributed by atoms with Crippen molar-refractivity contribution in [2.24, 2.45) is 0 Å². The first-order chi connectivity index (χ1) is 11.4. The van der Waals surface area contributed by atoms with Crippen LogP contribution in [-0.2, 0) is 11.3 Å². The van der Waals surface area contributed by atoms with Crippen LogP contribution in [0.25, 0.3) is 10.9 Å². The van der Waals surface area contributed by atoms with E-state index in [1.54, 1.807) is 12.1 Å². The van der Waals surface area contributed by atoms with E-state index >= 15 is 0 Å². The van der Waals surface area contributed by atoms with Crippen molar-refractivity contribution in [3.8, 4) is 5.75 Å². The first-order valence-corrected chi connectivity index (χ1v) is 7.91. The minimum Gasteiger partial charge on any atom is -0.424 e. The third kappa shape index (κ3) is 3.47. The first-order valence-electron chi connectivity index (χ1n) is 6.74. The number of benzene rings is 2. The van der Waals surface area contributed by atoms with Crippen LogP contribution in [0.1, 0.15) is 0 Å². The number of hydrogen-bond donors (Lipinski definition) is 0. The third-order valence-electron chi connectivity index (χ3n) is 3.20. The summed E-state index contributed by atoms with van der Waals surface area (Å²) in [5.74, 6) is -1.07. The second-order valence-electron chi connectivity index (χ2n) is 4.89. The number of carbonyl (C=O) groups excluding carboxylic acids is 1. The Morgan fingerprint density at radius 3 is 2.83 bits per heavy atom. The second kappa shape index (κ2) is 6.70. The van der Waals surface area contributed by atoms with E-state index in [1.807, 2.05) is 0 Å². The average molecular weight is 412 g/mol. The third-order valence-corrected chi connectivity index (χ3v) is 3.99. The largest absolute Gasteiger partial charge is 0.424 e. The van der Waals surface area contributed by atoms with E-state index in [-0.39, 0.29) is 22.7 Å². The molecule has 0 saturated heterocycles. The lowest BCUT2D eigenvalue weighted by atomic mass is 10.2. The fourth-order valence-electron chi connectivity index (χ4n) is 2.10. The summed E-state index contributed by atoms with van der Waals surface area (Å²) in [7, 11) is 0. The van der Waals surface area contributed by atoms with E-state index in [2.05, 4.69) is 20.9 Å². The van der Waals surface area contributed by atoms with Crippen LogP contribution in [0, 0.1) is 5.82 Å². The van der Waals surface area contributed by atoms with Crippen molar-refractivity contribution in [1.82, 2.24) is 9.55 Å². The molecule has 2 aromatic carbocycles. The molecule has 0 aliphatic carbocycles. The summed E-state index contributed by atoms with van der Waals surface area (Å²) in [6, 6.07) is 8.47. The molecular weight excluding hydrogens is 403 g/mol. The van der Waals surface area contributed by atoms with Crippen molar-refractivity contribution in [3.05, 3.63) is 68.4 Å². The van der Waals surface area contributed by atoms with Crippen LogP contribution in [0.2, 0.25) is 5.02 Å². The van der Waals surface area contributed by atoms with Crippen LogP contribution in [0.15, 0.2) is 52.0 Å². The SMILES string of the molecule is O=C(Cn1cnc2ccc(F)cc2c1=O)Oc1ccc(Br)cc1Cl. The van der Waals surface area contributed by atoms with Gasteiger partial charge in [-0.05, 0) is 36.4 Å². The number of hydrogen-bond acceptors (Lipinski definition) is 4. The maximum Gasteiger partial charge on any atom is 0.331 e. The van der Waals surface area contributed by atoms with Crippen LogP contribution in [-0.4, -0.2) is 15.5 Å². The molecule has 1 aromatic heterocycles. The highest BCUT2D eigenvalue weighted by atomic mass is 79.9. The zero-order valence-electron chi connectivity index (χ0n) is 12.0. The monoisotopic (exact) mass is 410 g/mol. The number of aromatic nitrogens is 2. The summed E-state index contributed by atoms with van der Waals surface area (Å²) >= 11 is 9.22. The van der Waals surface area contributed by atoms with Crippen molar-refractivity contribution < 1.29 is 13.9 Å². The van der Waals surface area contributed by atoms with Crippen molar-refractivity contribution in [2.45, 2.75) is 6.54 Å². The number of nitrogens with zero attached hydrogens (tertiary/aromatic N) is 2. The van der Waals surface area contributed by atoms with Crippen molar-refractivity contribution >= 4 is 44.4 Å². The topological polar surface area (TPSA) is 61.2 Å². The molecule has 3 rings (SSSR count). The van der Waals surface area contributed by atoms with Gasteiger partial charge in [-0.15, -0.1) is 0 Å². The van der Waals surface area contributed by atoms with Crippen LogP contribution in [0.3, 0.4) is 0 Å². The van der Waals surface area contributed by atoms with E-state index < -0.39 is 17.3 Å². The molecular formula is C16H9BrClFN2O3. The lowest BCUT2D eigenvalue weighted by Gasteiger charge is -2.08. The maximum absolute atomic E-state index is 13.3. The Morgan fingerprint density at radius 1 is 1.29 bits per heavy atom. The molecule has 3 aromatic rings. The molecule has 0 amide bonds. The fourth-order valence-corrected chi connectivity index (χ4v) is 2.81. The van der Waals surface area contributed by atoms with Gasteiger partial charge in [-0.2, -0.15) is 0 Å². The van der Waals surface area contributed by atoms with E-state index in [4.69, 9.17) is 16.3 Å². The molecule has 1 heterocycles. The highest BCUT2D eigenvalue weighted by Gasteiger charge is 2.12. The predicted molar refractivity (Wildman–Crippen MR) is 90.7 cm³/mol. The van der Waals surface area contributed by atoms with Crippen molar-refractivity contribution in [2.75, 3.05) is 0 Å². The highest BCUT2D eigenvalue weighted by molar-refractivity contribution is 9.10. The minimum atomic E-state index is -0.695. The van der Waals surface area contributed by atoms with Gasteiger partial charge >= 0.3 is 5.97 Å². The molecule has 0 N–H and O–H groups in total. The van der Waals surface area contributed by atoms with Crippen LogP contribution in [0.5, 0.6) is 5.75 Å². The Hall–Kier alpha value is -2.25. The maximum atomic E-state index is 13.3. The summed E-state index contributed by atoms with van der Waals surface area (Å²) in [6.45, 7) is -0.370. The molecule has 0 saturated carbocycles. The summed E-state index contributed by atoms with van der Waals surface area (Å²) < 4.78 is 20.2. The Kier molecular flexibility index (Phi) is 4.64. The smallest absolute Gasteiger partial charge is 0.331 e. The van der Waals surface area contributed by atoms with Gasteiger partial charge < -0.3 is 4.74 Å². The molecule has 0 spiro atoms. The number of fused-ring (bicyclic) bond motifs is 1. The van der Waals surface area contributed by atoms with Gasteiger partial charge in [0.15, 0.2) is 0 Å². The normalized spacial score (nSPS) is 10.8. The Bertz CT molecular complexity index is 1010. The van der Waals surface area contributed by atoms with Crippen molar-refractivity contribution in [1.29, 1.82) is 0 Å². The van der Waals surface area contributed by atoms with E-state index in [1.165, 1.54) is 24.5 Å². The molecule has 122 valence electrons. The van der Waals surface area contributed by atoms with Gasteiger partial charge in [-0.25, -0.2) is 14.2 Å². The van der Waals surface area contributed by atoms with Gasteiger partial charge in [-0.1, -0.05) is 27.5 Å². The first kappa shape index (κ1) is 16.6. The Balaban J connectivity index is 1.85. The predicted octanol–water partition coefficient (Wildman–Crippen LogP) is 3.56. The molecule has 0 bridgehead atoms. The van der Waals surface area contributed by atoms with Gasteiger partial charge in [0.1, 0.15) is 18.1 Å². The lowest BCUT2D eigenvalue weighted by molar-refractivity contribution is -0.135. The Morgan fingerprint density at radius 2 is 2.08 bits per heavy atom. The summed E-state index contributed by atoms with van der Waals surface area (Å²) in [5.41, 5.74) is -0.180. The van der Waals surface area contributed by atoms with E-state index in [9.17, 15) is 14.0 Å². The fraction of sp³-hybridized carbons (Fsp3) is 0.0625. The van der Waals surface area contributed by atoms with Crippen LogP contribution in [0.4, 0.5) is 4.39 Å². The van der Waals surface area contributed by atoms with Gasteiger partial charge in [0.2, 0.25) is 0 Å². The number of rotatable bonds is 3. The second-order valence-corrected chi connectivity index (χ2v) is 6.21. The lowest BCUT2D eigenvalue weighted by Crippen LogP contribution is -2.27. The van der Waals surface area contributed by atoms with Gasteiger partial charge in [-0.3, -0.25) is 9.36 Å². The van der Waals surface area contributed by atoms with Crippen molar-refractivity contribution in [3.63, 3.8) is 0 Å². The number of halogens is 3. The summed E-state index contributed by atoms with van der Waals surface area (Å²) in [5, 5.41) is 0.343. The molecule has 0 aliphatic rings. The molecule has 5 nitrogen and oxygen atoms in total. The molecule has 24 heavy (non-hydrogen) atoms. The number of esters is 1. The molecule has 8 heteroatoms. The van der Waals surface area contributed by atoms with E-state index in [0.717, 1.165) is 15.1 Å². The van der Waals surface area contributed by atoms with Gasteiger partial charge in [0, 0.05) is 4.47 Å². The van der Waals surface area contributed by atoms with Gasteiger partial charge in [0.25, 0.3) is 5.56 Å². The molecule has 0 aliphatic heterocycles. The molecule has 0 radical (unpaired) electrons. The zero-order valence-corrected chi connectivity index (χ0v) is 14.3. The number of ether oxygens (including phenoxy) is 1. The molecule has 0 fully saturated rings. The van der Waals surface area contributed by atoms with Gasteiger partial charge in [0.05, 0.1) is 22.3 Å². The Labute approximate surface area is 148 Å². The summed E-state index contributed by atoms with van der Waals surface area (Å²) in [6.07, 6.45) is 1.22. The quantitative estimate of drug-likeness (QED) is 0.488. The zero-order chi connectivity index (χ0) is 17.3. The number of carbonyl (C=O) groups is 1. The van der Waals surface area contributed by atoms with Crippen LogP contribution >= 0.6 is 27.5 Å². The van der Waals surface area contributed by atoms with Crippen LogP contribution < -0.4 is 10.3 Å². The molecule has 0 atom stereocenters. The average Bonchev–Trinajstić information content (AvgIpc) is 2.53. The standard InChI is InChI=1S/C16H9BrClFN2O3/c17-9-1-4-14(12(18)5-9)24-15(22)7-21-8-20-13-3-2-10(19)6-11(13)16(21)23/h1-6,8H,7H2. The molecule has 0 unspecified atom stereocenters. The van der Waals surface area contributed by atoms with E-state index in [0.29, 0.717) is 5.52 Å². The highest BCUT2D eigenvalue weighted by Crippen LogP contribution is 2.27. The summed E-state index contributed by atoms with van der Waals surface area (Å²) in [4.78, 5) is 28.3.